The van der Waals surface area contributed by atoms with Crippen LogP contribution in [0.1, 0.15) is 23.6 Å². The lowest BCUT2D eigenvalue weighted by atomic mass is 10.1. The van der Waals surface area contributed by atoms with Crippen LogP contribution < -0.4 is 4.72 Å². The Balaban J connectivity index is 1.81. The van der Waals surface area contributed by atoms with Crippen molar-refractivity contribution in [2.75, 3.05) is 13.2 Å². The molecule has 0 radical (unpaired) electrons. The summed E-state index contributed by atoms with van der Waals surface area (Å²) in [7, 11) is -3.62. The van der Waals surface area contributed by atoms with Crippen molar-refractivity contribution in [2.45, 2.75) is 30.2 Å². The number of hydrogen-bond donors (Lipinski definition) is 2. The van der Waals surface area contributed by atoms with Crippen molar-refractivity contribution in [1.82, 2.24) is 4.72 Å². The number of aryl methyl sites for hydroxylation is 1. The number of sulfonamides is 1. The van der Waals surface area contributed by atoms with E-state index in [0.29, 0.717) is 11.4 Å². The van der Waals surface area contributed by atoms with Crippen molar-refractivity contribution in [3.8, 4) is 0 Å². The molecule has 0 bridgehead atoms. The van der Waals surface area contributed by atoms with E-state index in [4.69, 9.17) is 16.3 Å². The second-order valence-electron chi connectivity index (χ2n) is 5.24. The van der Waals surface area contributed by atoms with E-state index >= 15 is 0 Å². The quantitative estimate of drug-likeness (QED) is 0.872. The molecule has 2 aliphatic rings. The Morgan fingerprint density at radius 1 is 1.35 bits per heavy atom. The molecule has 1 fully saturated rings. The molecule has 0 amide bonds. The van der Waals surface area contributed by atoms with E-state index in [1.54, 1.807) is 6.07 Å². The Kier molecular flexibility index (Phi) is 3.77. The summed E-state index contributed by atoms with van der Waals surface area (Å²) in [5, 5.41) is 9.37. The molecule has 1 aromatic carbocycles. The highest BCUT2D eigenvalue weighted by Crippen LogP contribution is 2.34. The van der Waals surface area contributed by atoms with Crippen molar-refractivity contribution in [3.63, 3.8) is 0 Å². The summed E-state index contributed by atoms with van der Waals surface area (Å²) < 4.78 is 32.3. The molecular weight excluding hydrogens is 302 g/mol. The minimum absolute atomic E-state index is 0.0334. The molecule has 7 heteroatoms. The molecule has 3 rings (SSSR count). The molecule has 3 atom stereocenters. The largest absolute Gasteiger partial charge is 0.389 e. The number of benzene rings is 1. The zero-order valence-corrected chi connectivity index (χ0v) is 12.3. The molecule has 1 aromatic rings. The summed E-state index contributed by atoms with van der Waals surface area (Å²) in [5.41, 5.74) is 2.04. The first-order valence-electron chi connectivity index (χ1n) is 6.52. The highest BCUT2D eigenvalue weighted by molar-refractivity contribution is 7.90. The van der Waals surface area contributed by atoms with E-state index in [9.17, 15) is 13.5 Å². The smallest absolute Gasteiger partial charge is 0.219 e. The Morgan fingerprint density at radius 2 is 2.15 bits per heavy atom. The lowest BCUT2D eigenvalue weighted by molar-refractivity contribution is 0.127. The molecule has 0 spiro atoms. The van der Waals surface area contributed by atoms with Crippen LogP contribution in [0.25, 0.3) is 0 Å². The number of aliphatic hydroxyl groups excluding tert-OH is 1. The SMILES string of the molecule is O=S(=O)(NC1CCc2ccc(Cl)cc21)[C@H]1COC[C@@H]1O. The third-order valence-corrected chi connectivity index (χ3v) is 5.99. The average Bonchev–Trinajstić information content (AvgIpc) is 2.96. The Bertz CT molecular complexity index is 619. The summed E-state index contributed by atoms with van der Waals surface area (Å²) in [6.45, 7) is 0.101. The molecular formula is C13H16ClNO4S. The van der Waals surface area contributed by atoms with Crippen molar-refractivity contribution in [1.29, 1.82) is 0 Å². The Labute approximate surface area is 122 Å². The van der Waals surface area contributed by atoms with Gasteiger partial charge in [0.2, 0.25) is 10.0 Å². The minimum Gasteiger partial charge on any atom is -0.389 e. The van der Waals surface area contributed by atoms with Crippen LogP contribution in [0.4, 0.5) is 0 Å². The summed E-state index contributed by atoms with van der Waals surface area (Å²) in [6, 6.07) is 5.27. The molecule has 1 aliphatic heterocycles. The average molecular weight is 318 g/mol. The van der Waals surface area contributed by atoms with Crippen LogP contribution in [0.2, 0.25) is 5.02 Å². The van der Waals surface area contributed by atoms with Crippen LogP contribution in [-0.4, -0.2) is 38.1 Å². The molecule has 5 nitrogen and oxygen atoms in total. The van der Waals surface area contributed by atoms with Crippen LogP contribution in [0.5, 0.6) is 0 Å². The monoisotopic (exact) mass is 317 g/mol. The first-order chi connectivity index (χ1) is 9.47. The standard InChI is InChI=1S/C13H16ClNO4S/c14-9-3-1-8-2-4-11(10(8)5-9)15-20(17,18)13-7-19-6-12(13)16/h1,3,5,11-13,15-16H,2,4,6-7H2/t11?,12-,13-/m0/s1. The van der Waals surface area contributed by atoms with Crippen LogP contribution >= 0.6 is 11.6 Å². The molecule has 2 N–H and O–H groups in total. The normalized spacial score (nSPS) is 29.6. The van der Waals surface area contributed by atoms with E-state index in [-0.39, 0.29) is 19.3 Å². The second kappa shape index (κ2) is 5.27. The van der Waals surface area contributed by atoms with Gasteiger partial charge >= 0.3 is 0 Å². The summed E-state index contributed by atoms with van der Waals surface area (Å²) >= 11 is 5.97. The van der Waals surface area contributed by atoms with Gasteiger partial charge in [-0.25, -0.2) is 13.1 Å². The van der Waals surface area contributed by atoms with Gasteiger partial charge in [0.1, 0.15) is 5.25 Å². The number of fused-ring (bicyclic) bond motifs is 1. The molecule has 1 heterocycles. The summed E-state index contributed by atoms with van der Waals surface area (Å²) in [4.78, 5) is 0. The number of aliphatic hydroxyl groups is 1. The van der Waals surface area contributed by atoms with Crippen LogP contribution in [-0.2, 0) is 21.2 Å². The topological polar surface area (TPSA) is 75.6 Å². The van der Waals surface area contributed by atoms with Crippen molar-refractivity contribution >= 4 is 21.6 Å². The fourth-order valence-corrected chi connectivity index (χ4v) is 4.57. The molecule has 0 saturated carbocycles. The van der Waals surface area contributed by atoms with Crippen LogP contribution in [0.15, 0.2) is 18.2 Å². The predicted molar refractivity (Wildman–Crippen MR) is 75.2 cm³/mol. The number of hydrogen-bond acceptors (Lipinski definition) is 4. The van der Waals surface area contributed by atoms with Gasteiger partial charge in [0, 0.05) is 11.1 Å². The zero-order valence-electron chi connectivity index (χ0n) is 10.8. The van der Waals surface area contributed by atoms with Crippen molar-refractivity contribution < 1.29 is 18.3 Å². The molecule has 0 aromatic heterocycles. The fourth-order valence-electron chi connectivity index (χ4n) is 2.80. The van der Waals surface area contributed by atoms with E-state index < -0.39 is 21.4 Å². The predicted octanol–water partition coefficient (Wildman–Crippen LogP) is 1.01. The molecule has 20 heavy (non-hydrogen) atoms. The van der Waals surface area contributed by atoms with Gasteiger partial charge in [-0.2, -0.15) is 0 Å². The number of nitrogens with one attached hydrogen (secondary N) is 1. The van der Waals surface area contributed by atoms with Gasteiger partial charge < -0.3 is 9.84 Å². The van der Waals surface area contributed by atoms with Crippen molar-refractivity contribution in [2.24, 2.45) is 0 Å². The fraction of sp³-hybridized carbons (Fsp3) is 0.538. The van der Waals surface area contributed by atoms with Gasteiger partial charge in [-0.1, -0.05) is 17.7 Å². The van der Waals surface area contributed by atoms with Gasteiger partial charge in [-0.05, 0) is 36.1 Å². The third-order valence-electron chi connectivity index (χ3n) is 3.89. The number of ether oxygens (including phenoxy) is 1. The van der Waals surface area contributed by atoms with E-state index in [2.05, 4.69) is 4.72 Å². The maximum absolute atomic E-state index is 12.3. The van der Waals surface area contributed by atoms with E-state index in [0.717, 1.165) is 17.5 Å². The van der Waals surface area contributed by atoms with E-state index in [1.165, 1.54) is 0 Å². The Hall–Kier alpha value is -0.660. The maximum atomic E-state index is 12.3. The first kappa shape index (κ1) is 14.3. The second-order valence-corrected chi connectivity index (χ2v) is 7.61. The molecule has 1 aliphatic carbocycles. The van der Waals surface area contributed by atoms with Crippen LogP contribution in [0.3, 0.4) is 0 Å². The molecule has 1 saturated heterocycles. The highest BCUT2D eigenvalue weighted by Gasteiger charge is 2.39. The summed E-state index contributed by atoms with van der Waals surface area (Å²) in [5.74, 6) is 0. The lowest BCUT2D eigenvalue weighted by Crippen LogP contribution is -2.42. The number of halogens is 1. The first-order valence-corrected chi connectivity index (χ1v) is 8.45. The van der Waals surface area contributed by atoms with Crippen LogP contribution in [0, 0.1) is 0 Å². The Morgan fingerprint density at radius 3 is 2.85 bits per heavy atom. The number of rotatable bonds is 3. The van der Waals surface area contributed by atoms with Gasteiger partial charge in [0.05, 0.1) is 19.3 Å². The highest BCUT2D eigenvalue weighted by atomic mass is 35.5. The van der Waals surface area contributed by atoms with Gasteiger partial charge in [-0.15, -0.1) is 0 Å². The lowest BCUT2D eigenvalue weighted by Gasteiger charge is -2.19. The molecule has 1 unspecified atom stereocenters. The summed E-state index contributed by atoms with van der Waals surface area (Å²) in [6.07, 6.45) is 0.565. The van der Waals surface area contributed by atoms with E-state index in [1.807, 2.05) is 12.1 Å². The third kappa shape index (κ3) is 2.58. The van der Waals surface area contributed by atoms with Gasteiger partial charge in [0.15, 0.2) is 0 Å². The minimum atomic E-state index is -3.62. The van der Waals surface area contributed by atoms with Gasteiger partial charge in [0.25, 0.3) is 0 Å². The zero-order chi connectivity index (χ0) is 14.3. The maximum Gasteiger partial charge on any atom is 0.219 e. The van der Waals surface area contributed by atoms with Crippen molar-refractivity contribution in [3.05, 3.63) is 34.3 Å². The van der Waals surface area contributed by atoms with Gasteiger partial charge in [-0.3, -0.25) is 0 Å². The molecule has 110 valence electrons.